The van der Waals surface area contributed by atoms with Crippen LogP contribution in [0.2, 0.25) is 0 Å². The van der Waals surface area contributed by atoms with E-state index in [-0.39, 0.29) is 5.91 Å². The van der Waals surface area contributed by atoms with Crippen molar-refractivity contribution in [3.8, 4) is 9.88 Å². The van der Waals surface area contributed by atoms with E-state index in [0.29, 0.717) is 17.2 Å². The average Bonchev–Trinajstić information content (AvgIpc) is 3.02. The third-order valence-corrected chi connectivity index (χ3v) is 5.69. The van der Waals surface area contributed by atoms with Crippen LogP contribution < -0.4 is 5.32 Å². The van der Waals surface area contributed by atoms with Crippen molar-refractivity contribution in [2.75, 3.05) is 18.6 Å². The van der Waals surface area contributed by atoms with E-state index in [9.17, 15) is 9.00 Å². The number of carbonyl (C=O) groups is 1. The smallest absolute Gasteiger partial charge is 0.263 e. The molecular weight excluding hydrogens is 312 g/mol. The van der Waals surface area contributed by atoms with Gasteiger partial charge in [-0.3, -0.25) is 9.00 Å². The Kier molecular flexibility index (Phi) is 5.45. The molecule has 2 heterocycles. The van der Waals surface area contributed by atoms with Crippen LogP contribution in [0.25, 0.3) is 9.88 Å². The van der Waals surface area contributed by atoms with Gasteiger partial charge in [-0.15, -0.1) is 22.7 Å². The van der Waals surface area contributed by atoms with Crippen LogP contribution in [0.4, 0.5) is 0 Å². The zero-order valence-electron chi connectivity index (χ0n) is 11.3. The highest BCUT2D eigenvalue weighted by Crippen LogP contribution is 2.30. The van der Waals surface area contributed by atoms with E-state index in [2.05, 4.69) is 10.3 Å². The van der Waals surface area contributed by atoms with Crippen molar-refractivity contribution in [2.24, 2.45) is 0 Å². The topological polar surface area (TPSA) is 59.1 Å². The Labute approximate surface area is 128 Å². The lowest BCUT2D eigenvalue weighted by Gasteiger charge is -2.02. The van der Waals surface area contributed by atoms with E-state index < -0.39 is 10.8 Å². The summed E-state index contributed by atoms with van der Waals surface area (Å²) in [6, 6.07) is 3.97. The molecule has 108 valence electrons. The van der Waals surface area contributed by atoms with E-state index in [1.807, 2.05) is 24.4 Å². The van der Waals surface area contributed by atoms with Crippen LogP contribution in [0.15, 0.2) is 17.5 Å². The standard InChI is InChI=1S/C13H16N2O2S3/c1-9-11(12(16)14-6-4-8-20(2)17)19-13(15-9)10-5-3-7-18-10/h3,5,7H,4,6,8H2,1-2H3,(H,14,16)/t20-/m1/s1. The summed E-state index contributed by atoms with van der Waals surface area (Å²) in [6.07, 6.45) is 2.40. The van der Waals surface area contributed by atoms with Gasteiger partial charge in [0, 0.05) is 29.4 Å². The number of hydrogen-bond donors (Lipinski definition) is 1. The van der Waals surface area contributed by atoms with E-state index in [4.69, 9.17) is 0 Å². The molecule has 0 saturated heterocycles. The van der Waals surface area contributed by atoms with Crippen LogP contribution in [0.1, 0.15) is 21.8 Å². The molecule has 2 aromatic rings. The average molecular weight is 328 g/mol. The third kappa shape index (κ3) is 3.97. The van der Waals surface area contributed by atoms with Gasteiger partial charge in [-0.2, -0.15) is 0 Å². The van der Waals surface area contributed by atoms with Crippen molar-refractivity contribution in [1.29, 1.82) is 0 Å². The summed E-state index contributed by atoms with van der Waals surface area (Å²) in [6.45, 7) is 2.40. The van der Waals surface area contributed by atoms with Crippen molar-refractivity contribution in [2.45, 2.75) is 13.3 Å². The highest BCUT2D eigenvalue weighted by Gasteiger charge is 2.16. The molecule has 20 heavy (non-hydrogen) atoms. The maximum atomic E-state index is 12.1. The highest BCUT2D eigenvalue weighted by molar-refractivity contribution is 7.84. The molecular formula is C13H16N2O2S3. The molecule has 1 N–H and O–H groups in total. The van der Waals surface area contributed by atoms with Crippen LogP contribution in [0.5, 0.6) is 0 Å². The van der Waals surface area contributed by atoms with Crippen LogP contribution in [0, 0.1) is 6.92 Å². The maximum absolute atomic E-state index is 12.1. The van der Waals surface area contributed by atoms with Gasteiger partial charge < -0.3 is 5.32 Å². The number of hydrogen-bond acceptors (Lipinski definition) is 5. The first-order chi connectivity index (χ1) is 9.58. The number of aryl methyl sites for hydroxylation is 1. The fourth-order valence-corrected chi connectivity index (χ4v) is 4.00. The Balaban J connectivity index is 1.98. The quantitative estimate of drug-likeness (QED) is 0.829. The number of thiophene rings is 1. The fourth-order valence-electron chi connectivity index (χ4n) is 1.67. The molecule has 7 heteroatoms. The van der Waals surface area contributed by atoms with Crippen molar-refractivity contribution >= 4 is 39.4 Å². The maximum Gasteiger partial charge on any atom is 0.263 e. The summed E-state index contributed by atoms with van der Waals surface area (Å²) >= 11 is 3.03. The zero-order valence-corrected chi connectivity index (χ0v) is 13.8. The monoisotopic (exact) mass is 328 g/mol. The fraction of sp³-hybridized carbons (Fsp3) is 0.385. The minimum atomic E-state index is -0.805. The molecule has 0 aliphatic carbocycles. The molecule has 2 aromatic heterocycles. The van der Waals surface area contributed by atoms with Gasteiger partial charge in [0.1, 0.15) is 9.88 Å². The third-order valence-electron chi connectivity index (χ3n) is 2.63. The zero-order chi connectivity index (χ0) is 14.5. The molecule has 0 saturated carbocycles. The molecule has 0 aromatic carbocycles. The first-order valence-electron chi connectivity index (χ1n) is 6.17. The van der Waals surface area contributed by atoms with Crippen LogP contribution in [-0.2, 0) is 10.8 Å². The summed E-state index contributed by atoms with van der Waals surface area (Å²) in [5.41, 5.74) is 0.759. The SMILES string of the molecule is Cc1nc(-c2cccs2)sc1C(=O)NCCC[S@@](C)=O. The van der Waals surface area contributed by atoms with Crippen molar-refractivity contribution in [3.05, 3.63) is 28.1 Å². The lowest BCUT2D eigenvalue weighted by Crippen LogP contribution is -2.25. The van der Waals surface area contributed by atoms with Gasteiger partial charge in [-0.25, -0.2) is 4.98 Å². The molecule has 0 fully saturated rings. The Hall–Kier alpha value is -1.05. The minimum absolute atomic E-state index is 0.0929. The van der Waals surface area contributed by atoms with Crippen molar-refractivity contribution < 1.29 is 9.00 Å². The van der Waals surface area contributed by atoms with Crippen LogP contribution in [0.3, 0.4) is 0 Å². The number of carbonyl (C=O) groups excluding carboxylic acids is 1. The minimum Gasteiger partial charge on any atom is -0.351 e. The molecule has 0 radical (unpaired) electrons. The molecule has 2 rings (SSSR count). The molecule has 0 spiro atoms. The second kappa shape index (κ2) is 7.10. The summed E-state index contributed by atoms with van der Waals surface area (Å²) in [7, 11) is -0.805. The van der Waals surface area contributed by atoms with Crippen molar-refractivity contribution in [1.82, 2.24) is 10.3 Å². The molecule has 0 bridgehead atoms. The molecule has 4 nitrogen and oxygen atoms in total. The Morgan fingerprint density at radius 2 is 2.30 bits per heavy atom. The van der Waals surface area contributed by atoms with Gasteiger partial charge in [0.05, 0.1) is 10.6 Å². The van der Waals surface area contributed by atoms with Gasteiger partial charge >= 0.3 is 0 Å². The van der Waals surface area contributed by atoms with E-state index in [0.717, 1.165) is 22.0 Å². The molecule has 1 atom stereocenters. The molecule has 0 aliphatic heterocycles. The summed E-state index contributed by atoms with van der Waals surface area (Å²) in [5.74, 6) is 0.521. The highest BCUT2D eigenvalue weighted by atomic mass is 32.2. The number of nitrogens with zero attached hydrogens (tertiary/aromatic N) is 1. The Morgan fingerprint density at radius 1 is 1.50 bits per heavy atom. The Bertz CT molecular complexity index is 605. The van der Waals surface area contributed by atoms with E-state index >= 15 is 0 Å². The predicted molar refractivity (Wildman–Crippen MR) is 86.0 cm³/mol. The number of thiazole rings is 1. The van der Waals surface area contributed by atoms with Gasteiger partial charge in [0.2, 0.25) is 0 Å². The van der Waals surface area contributed by atoms with Crippen molar-refractivity contribution in [3.63, 3.8) is 0 Å². The number of nitrogens with one attached hydrogen (secondary N) is 1. The first-order valence-corrected chi connectivity index (χ1v) is 9.60. The number of amides is 1. The predicted octanol–water partition coefficient (Wildman–Crippen LogP) is 2.68. The van der Waals surface area contributed by atoms with Gasteiger partial charge in [-0.1, -0.05) is 6.07 Å². The summed E-state index contributed by atoms with van der Waals surface area (Å²) < 4.78 is 10.9. The Morgan fingerprint density at radius 3 is 2.95 bits per heavy atom. The number of rotatable bonds is 6. The second-order valence-corrected chi connectivity index (χ2v) is 7.80. The van der Waals surface area contributed by atoms with Crippen LogP contribution >= 0.6 is 22.7 Å². The summed E-state index contributed by atoms with van der Waals surface area (Å²) in [4.78, 5) is 18.3. The number of aromatic nitrogens is 1. The van der Waals surface area contributed by atoms with Gasteiger partial charge in [0.25, 0.3) is 5.91 Å². The molecule has 0 aliphatic rings. The lowest BCUT2D eigenvalue weighted by atomic mass is 10.3. The second-order valence-electron chi connectivity index (χ2n) is 4.30. The van der Waals surface area contributed by atoms with Crippen LogP contribution in [-0.4, -0.2) is 33.7 Å². The lowest BCUT2D eigenvalue weighted by molar-refractivity contribution is 0.0957. The van der Waals surface area contributed by atoms with E-state index in [1.54, 1.807) is 17.6 Å². The van der Waals surface area contributed by atoms with Gasteiger partial charge in [0.15, 0.2) is 0 Å². The normalized spacial score (nSPS) is 12.3. The van der Waals surface area contributed by atoms with E-state index in [1.165, 1.54) is 11.3 Å². The largest absolute Gasteiger partial charge is 0.351 e. The molecule has 1 amide bonds. The summed E-state index contributed by atoms with van der Waals surface area (Å²) in [5, 5.41) is 5.74. The van der Waals surface area contributed by atoms with Gasteiger partial charge in [-0.05, 0) is 24.8 Å². The first kappa shape index (κ1) is 15.3. The molecule has 0 unspecified atom stereocenters.